The number of ether oxygens (including phenoxy) is 1. The largest absolute Gasteiger partial charge is 0.394 e. The second-order valence-electron chi connectivity index (χ2n) is 11.0. The van der Waals surface area contributed by atoms with Crippen LogP contribution in [-0.4, -0.2) is 35.8 Å². The van der Waals surface area contributed by atoms with Gasteiger partial charge in [0.2, 0.25) is 5.91 Å². The van der Waals surface area contributed by atoms with E-state index in [1.165, 1.54) is 39.0 Å². The number of benzene rings is 4. The third kappa shape index (κ3) is 9.59. The molecule has 0 radical (unpaired) electrons. The molecule has 0 aliphatic carbocycles. The Balaban J connectivity index is 0.000000183. The summed E-state index contributed by atoms with van der Waals surface area (Å²) in [6, 6.07) is 26.1. The van der Waals surface area contributed by atoms with Gasteiger partial charge in [0.1, 0.15) is 23.3 Å². The molecule has 6 nitrogen and oxygen atoms in total. The van der Waals surface area contributed by atoms with Crippen molar-refractivity contribution in [2.24, 2.45) is 0 Å². The Kier molecular flexibility index (Phi) is 12.2. The Morgan fingerprint density at radius 2 is 1.17 bits per heavy atom. The van der Waals surface area contributed by atoms with Gasteiger partial charge in [0, 0.05) is 45.0 Å². The number of halogens is 4. The molecule has 4 aromatic carbocycles. The van der Waals surface area contributed by atoms with Crippen molar-refractivity contribution in [1.29, 1.82) is 0 Å². The van der Waals surface area contributed by atoms with E-state index >= 15 is 0 Å². The van der Waals surface area contributed by atoms with Crippen LogP contribution in [-0.2, 0) is 19.1 Å². The Labute approximate surface area is 276 Å². The van der Waals surface area contributed by atoms with E-state index < -0.39 is 29.4 Å². The summed E-state index contributed by atoms with van der Waals surface area (Å²) >= 11 is 0. The molecule has 2 heterocycles. The van der Waals surface area contributed by atoms with Gasteiger partial charge >= 0.3 is 11.9 Å². The predicted molar refractivity (Wildman–Crippen MR) is 175 cm³/mol. The highest BCUT2D eigenvalue weighted by Gasteiger charge is 2.29. The summed E-state index contributed by atoms with van der Waals surface area (Å²) in [6.45, 7) is 4.66. The van der Waals surface area contributed by atoms with Crippen LogP contribution in [0.3, 0.4) is 0 Å². The van der Waals surface area contributed by atoms with Gasteiger partial charge in [-0.3, -0.25) is 14.4 Å². The number of rotatable bonds is 4. The number of nitrogens with zero attached hydrogens (tertiary/aromatic N) is 1. The molecule has 10 heteroatoms. The fourth-order valence-corrected chi connectivity index (χ4v) is 5.31. The molecule has 2 unspecified atom stereocenters. The molecular weight excluding hydrogens is 624 g/mol. The summed E-state index contributed by atoms with van der Waals surface area (Å²) < 4.78 is 58.3. The minimum Gasteiger partial charge on any atom is -0.394 e. The molecule has 1 N–H and O–H groups in total. The summed E-state index contributed by atoms with van der Waals surface area (Å²) in [5, 5.41) is 3.29. The first-order chi connectivity index (χ1) is 22.9. The maximum Gasteiger partial charge on any atom is 0.310 e. The van der Waals surface area contributed by atoms with Crippen molar-refractivity contribution in [2.75, 3.05) is 13.1 Å². The first-order valence-corrected chi connectivity index (χ1v) is 15.0. The Morgan fingerprint density at radius 1 is 0.667 bits per heavy atom. The zero-order valence-corrected chi connectivity index (χ0v) is 26.6. The number of hydrogen-bond donors (Lipinski definition) is 1. The van der Waals surface area contributed by atoms with Crippen LogP contribution in [0.5, 0.6) is 0 Å². The van der Waals surface area contributed by atoms with Crippen LogP contribution in [0.15, 0.2) is 109 Å². The topological polar surface area (TPSA) is 75.7 Å². The van der Waals surface area contributed by atoms with E-state index in [9.17, 15) is 31.9 Å². The number of carbonyl (C=O) groups excluding carboxylic acids is 3. The quantitative estimate of drug-likeness (QED) is 0.138. The van der Waals surface area contributed by atoms with Gasteiger partial charge in [0.15, 0.2) is 0 Å². The van der Waals surface area contributed by atoms with Gasteiger partial charge in [-0.1, -0.05) is 72.8 Å². The monoisotopic (exact) mass is 658 g/mol. The molecule has 48 heavy (non-hydrogen) atoms. The molecule has 1 amide bonds. The number of hydrogen-bond acceptors (Lipinski definition) is 5. The van der Waals surface area contributed by atoms with Gasteiger partial charge in [0.05, 0.1) is 12.1 Å². The third-order valence-electron chi connectivity index (χ3n) is 7.46. The molecule has 2 atom stereocenters. The molecule has 0 aromatic heterocycles. The molecule has 2 aliphatic rings. The van der Waals surface area contributed by atoms with E-state index in [0.717, 1.165) is 34.9 Å². The van der Waals surface area contributed by atoms with Gasteiger partial charge in [0.25, 0.3) is 0 Å². The maximum absolute atomic E-state index is 14.0. The van der Waals surface area contributed by atoms with Crippen LogP contribution in [0.4, 0.5) is 17.6 Å². The lowest BCUT2D eigenvalue weighted by Crippen LogP contribution is -2.29. The molecule has 0 fully saturated rings. The zero-order valence-electron chi connectivity index (χ0n) is 26.6. The minimum absolute atomic E-state index is 0.0545. The van der Waals surface area contributed by atoms with Crippen molar-refractivity contribution in [3.8, 4) is 0 Å². The summed E-state index contributed by atoms with van der Waals surface area (Å²) in [5.74, 6) is -3.00. The highest BCUT2D eigenvalue weighted by atomic mass is 19.1. The molecule has 0 bridgehead atoms. The normalized spacial score (nSPS) is 16.4. The predicted octanol–water partition coefficient (Wildman–Crippen LogP) is 7.74. The summed E-state index contributed by atoms with van der Waals surface area (Å²) in [5.41, 5.74) is 4.04. The number of carbonyl (C=O) groups is 3. The SMILES string of the molecule is CC(=O)N1CC(c2cc(F)ccc2F)=CC1c1ccccc1.CC(=O)OC(C)=O.Fc1ccc(F)c(C2=CC(c3ccccc3)NC2)c1. The number of nitrogens with one attached hydrogen (secondary N) is 1. The van der Waals surface area contributed by atoms with E-state index in [4.69, 9.17) is 0 Å². The minimum atomic E-state index is -0.562. The van der Waals surface area contributed by atoms with E-state index in [1.807, 2.05) is 72.8 Å². The second kappa shape index (κ2) is 16.5. The fourth-order valence-electron chi connectivity index (χ4n) is 5.31. The smallest absolute Gasteiger partial charge is 0.310 e. The Bertz CT molecular complexity index is 1820. The standard InChI is InChI=1S/C18H15F2NO.C16H13F2N.C4H6O3/c1-12(22)21-11-14(16-10-15(19)7-8-17(16)20)9-18(21)13-5-3-2-4-6-13;17-13-6-7-15(18)14(9-13)12-8-16(19-10-12)11-4-2-1-3-5-11;1-3(5)7-4(2)6/h2-10,18H,11H2,1H3;1-9,16,19H,10H2;1-2H3. The van der Waals surface area contributed by atoms with Gasteiger partial charge in [-0.05, 0) is 58.7 Å². The third-order valence-corrected chi connectivity index (χ3v) is 7.46. The van der Waals surface area contributed by atoms with Crippen molar-refractivity contribution in [1.82, 2.24) is 10.2 Å². The van der Waals surface area contributed by atoms with Crippen LogP contribution in [0.2, 0.25) is 0 Å². The van der Waals surface area contributed by atoms with E-state index in [2.05, 4.69) is 10.1 Å². The number of amides is 1. The van der Waals surface area contributed by atoms with E-state index in [1.54, 1.807) is 4.90 Å². The lowest BCUT2D eigenvalue weighted by Gasteiger charge is -2.23. The first-order valence-electron chi connectivity index (χ1n) is 15.0. The van der Waals surface area contributed by atoms with Crippen molar-refractivity contribution in [3.05, 3.63) is 155 Å². The number of esters is 2. The van der Waals surface area contributed by atoms with E-state index in [0.29, 0.717) is 17.7 Å². The van der Waals surface area contributed by atoms with Crippen LogP contribution in [0.1, 0.15) is 55.1 Å². The lowest BCUT2D eigenvalue weighted by atomic mass is 10.0. The first kappa shape index (κ1) is 35.5. The van der Waals surface area contributed by atoms with Gasteiger partial charge in [-0.2, -0.15) is 0 Å². The maximum atomic E-state index is 14.0. The molecule has 248 valence electrons. The Hall–Kier alpha value is -5.35. The van der Waals surface area contributed by atoms with Crippen molar-refractivity contribution in [2.45, 2.75) is 32.9 Å². The highest BCUT2D eigenvalue weighted by molar-refractivity contribution is 5.82. The molecule has 4 aromatic rings. The summed E-state index contributed by atoms with van der Waals surface area (Å²) in [4.78, 5) is 33.2. The molecule has 2 aliphatic heterocycles. The average molecular weight is 659 g/mol. The summed E-state index contributed by atoms with van der Waals surface area (Å²) in [6.07, 6.45) is 3.78. The van der Waals surface area contributed by atoms with Crippen LogP contribution in [0.25, 0.3) is 11.1 Å². The molecule has 0 spiro atoms. The molecule has 6 rings (SSSR count). The second-order valence-corrected chi connectivity index (χ2v) is 11.0. The average Bonchev–Trinajstić information content (AvgIpc) is 3.73. The summed E-state index contributed by atoms with van der Waals surface area (Å²) in [7, 11) is 0. The highest BCUT2D eigenvalue weighted by Crippen LogP contribution is 2.35. The fraction of sp³-hybridized carbons (Fsp3) is 0.184. The van der Waals surface area contributed by atoms with Crippen LogP contribution in [0, 0.1) is 23.3 Å². The zero-order chi connectivity index (χ0) is 34.8. The van der Waals surface area contributed by atoms with Crippen molar-refractivity contribution >= 4 is 29.0 Å². The van der Waals surface area contributed by atoms with Crippen molar-refractivity contribution < 1.29 is 36.7 Å². The van der Waals surface area contributed by atoms with Gasteiger partial charge < -0.3 is 15.0 Å². The van der Waals surface area contributed by atoms with E-state index in [-0.39, 0.29) is 35.9 Å². The van der Waals surface area contributed by atoms with Crippen LogP contribution >= 0.6 is 0 Å². The van der Waals surface area contributed by atoms with Gasteiger partial charge in [-0.15, -0.1) is 0 Å². The molecular formula is C38H34F4N2O4. The Morgan fingerprint density at radius 3 is 1.65 bits per heavy atom. The van der Waals surface area contributed by atoms with Crippen molar-refractivity contribution in [3.63, 3.8) is 0 Å². The van der Waals surface area contributed by atoms with Crippen LogP contribution < -0.4 is 5.32 Å². The molecule has 0 saturated carbocycles. The molecule has 0 saturated heterocycles. The van der Waals surface area contributed by atoms with Gasteiger partial charge in [-0.25, -0.2) is 17.6 Å². The lowest BCUT2D eigenvalue weighted by molar-refractivity contribution is -0.156.